The first kappa shape index (κ1) is 20.8. The van der Waals surface area contributed by atoms with Gasteiger partial charge >= 0.3 is 0 Å². The molecule has 7 heteroatoms. The van der Waals surface area contributed by atoms with Crippen molar-refractivity contribution >= 4 is 39.3 Å². The fraction of sp³-hybridized carbons (Fsp3) is 0.292. The van der Waals surface area contributed by atoms with Gasteiger partial charge in [-0.3, -0.25) is 14.4 Å². The molecule has 7 nitrogen and oxygen atoms in total. The lowest BCUT2D eigenvalue weighted by molar-refractivity contribution is -0.138. The number of fused-ring (bicyclic) bond motifs is 2. The standard InChI is InChI=1S/C24H25N3O4/c1-14(28)27-13-17(29)11-22(27)24(31)26-21(23(25)30)12-20-18-8-4-2-6-15(18)10-16-7-3-5-9-19(16)20/h2-10,17,21-22,29H,11-13H2,1H3,(H2,25,30)(H,26,31)/t17-,21+,22+/m1/s1. The van der Waals surface area contributed by atoms with E-state index in [1.807, 2.05) is 48.5 Å². The number of hydrogen-bond acceptors (Lipinski definition) is 4. The molecule has 0 aliphatic carbocycles. The van der Waals surface area contributed by atoms with Crippen LogP contribution in [0.3, 0.4) is 0 Å². The minimum absolute atomic E-state index is 0.0998. The van der Waals surface area contributed by atoms with Gasteiger partial charge in [0, 0.05) is 26.3 Å². The van der Waals surface area contributed by atoms with Crippen LogP contribution in [-0.4, -0.2) is 52.5 Å². The van der Waals surface area contributed by atoms with Crippen molar-refractivity contribution in [3.05, 3.63) is 60.2 Å². The second-order valence-electron chi connectivity index (χ2n) is 8.04. The molecule has 1 saturated heterocycles. The van der Waals surface area contributed by atoms with Gasteiger partial charge < -0.3 is 21.1 Å². The Hall–Kier alpha value is -3.45. The average Bonchev–Trinajstić information content (AvgIpc) is 3.15. The summed E-state index contributed by atoms with van der Waals surface area (Å²) in [5, 5.41) is 16.7. The van der Waals surface area contributed by atoms with E-state index >= 15 is 0 Å². The van der Waals surface area contributed by atoms with Crippen LogP contribution in [0.5, 0.6) is 0 Å². The Balaban J connectivity index is 1.67. The smallest absolute Gasteiger partial charge is 0.243 e. The molecule has 0 unspecified atom stereocenters. The minimum atomic E-state index is -0.951. The summed E-state index contributed by atoms with van der Waals surface area (Å²) < 4.78 is 0. The molecule has 3 aromatic rings. The number of nitrogens with two attached hydrogens (primary N) is 1. The fourth-order valence-electron chi connectivity index (χ4n) is 4.43. The van der Waals surface area contributed by atoms with Crippen molar-refractivity contribution in [3.63, 3.8) is 0 Å². The zero-order valence-electron chi connectivity index (χ0n) is 17.2. The van der Waals surface area contributed by atoms with E-state index in [1.165, 1.54) is 11.8 Å². The predicted molar refractivity (Wildman–Crippen MR) is 118 cm³/mol. The van der Waals surface area contributed by atoms with Crippen LogP contribution in [0.2, 0.25) is 0 Å². The van der Waals surface area contributed by atoms with Crippen LogP contribution in [-0.2, 0) is 20.8 Å². The molecule has 0 aromatic heterocycles. The summed E-state index contributed by atoms with van der Waals surface area (Å²) in [6, 6.07) is 16.1. The number of benzene rings is 3. The van der Waals surface area contributed by atoms with E-state index in [-0.39, 0.29) is 25.3 Å². The highest BCUT2D eigenvalue weighted by molar-refractivity contribution is 6.03. The molecule has 3 aromatic carbocycles. The first-order chi connectivity index (χ1) is 14.8. The molecule has 1 fully saturated rings. The molecular weight excluding hydrogens is 394 g/mol. The van der Waals surface area contributed by atoms with E-state index < -0.39 is 30.0 Å². The van der Waals surface area contributed by atoms with E-state index in [0.29, 0.717) is 0 Å². The zero-order chi connectivity index (χ0) is 22.1. The van der Waals surface area contributed by atoms with Crippen LogP contribution in [0.25, 0.3) is 21.5 Å². The van der Waals surface area contributed by atoms with Crippen molar-refractivity contribution in [1.82, 2.24) is 10.2 Å². The third kappa shape index (κ3) is 4.09. The van der Waals surface area contributed by atoms with Gasteiger partial charge in [0.15, 0.2) is 0 Å². The summed E-state index contributed by atoms with van der Waals surface area (Å²) in [4.78, 5) is 38.4. The first-order valence-corrected chi connectivity index (χ1v) is 10.3. The minimum Gasteiger partial charge on any atom is -0.391 e. The van der Waals surface area contributed by atoms with Crippen LogP contribution < -0.4 is 11.1 Å². The lowest BCUT2D eigenvalue weighted by atomic mass is 9.92. The number of β-amino-alcohol motifs (C(OH)–C–C–N with tert-alkyl or cyclic N) is 1. The average molecular weight is 419 g/mol. The molecule has 3 atom stereocenters. The monoisotopic (exact) mass is 419 g/mol. The van der Waals surface area contributed by atoms with Crippen LogP contribution in [0.15, 0.2) is 54.6 Å². The second kappa shape index (κ2) is 8.35. The van der Waals surface area contributed by atoms with Gasteiger partial charge in [0.1, 0.15) is 12.1 Å². The molecule has 4 N–H and O–H groups in total. The van der Waals surface area contributed by atoms with Gasteiger partial charge in [-0.25, -0.2) is 0 Å². The molecule has 0 saturated carbocycles. The second-order valence-corrected chi connectivity index (χ2v) is 8.04. The normalized spacial score (nSPS) is 19.5. The molecule has 4 rings (SSSR count). The molecule has 0 spiro atoms. The van der Waals surface area contributed by atoms with E-state index in [2.05, 4.69) is 11.4 Å². The maximum absolute atomic E-state index is 12.9. The number of primary amides is 1. The summed E-state index contributed by atoms with van der Waals surface area (Å²) in [5.74, 6) is -1.44. The summed E-state index contributed by atoms with van der Waals surface area (Å²) in [6.45, 7) is 1.45. The molecule has 3 amide bonds. The molecule has 0 radical (unpaired) electrons. The quantitative estimate of drug-likeness (QED) is 0.544. The van der Waals surface area contributed by atoms with Crippen molar-refractivity contribution in [2.45, 2.75) is 38.0 Å². The fourth-order valence-corrected chi connectivity index (χ4v) is 4.43. The van der Waals surface area contributed by atoms with Gasteiger partial charge in [-0.05, 0) is 33.2 Å². The van der Waals surface area contributed by atoms with Gasteiger partial charge in [-0.15, -0.1) is 0 Å². The number of hydrogen-bond donors (Lipinski definition) is 3. The summed E-state index contributed by atoms with van der Waals surface area (Å²) in [6.07, 6.45) is -0.416. The Bertz CT molecular complexity index is 1120. The number of nitrogens with zero attached hydrogens (tertiary/aromatic N) is 1. The summed E-state index contributed by atoms with van der Waals surface area (Å²) in [7, 11) is 0. The first-order valence-electron chi connectivity index (χ1n) is 10.3. The van der Waals surface area contributed by atoms with Crippen LogP contribution in [0.1, 0.15) is 18.9 Å². The number of likely N-dealkylation sites (tertiary alicyclic amines) is 1. The van der Waals surface area contributed by atoms with E-state index in [4.69, 9.17) is 5.73 Å². The van der Waals surface area contributed by atoms with E-state index in [1.54, 1.807) is 0 Å². The summed E-state index contributed by atoms with van der Waals surface area (Å²) >= 11 is 0. The number of rotatable bonds is 5. The highest BCUT2D eigenvalue weighted by Gasteiger charge is 2.38. The zero-order valence-corrected chi connectivity index (χ0v) is 17.2. The number of amides is 3. The van der Waals surface area contributed by atoms with Gasteiger partial charge in [0.2, 0.25) is 17.7 Å². The van der Waals surface area contributed by atoms with Crippen LogP contribution in [0, 0.1) is 0 Å². The van der Waals surface area contributed by atoms with Crippen molar-refractivity contribution in [2.24, 2.45) is 5.73 Å². The molecule has 1 heterocycles. The van der Waals surface area contributed by atoms with Crippen LogP contribution in [0.4, 0.5) is 0 Å². The largest absolute Gasteiger partial charge is 0.391 e. The maximum atomic E-state index is 12.9. The van der Waals surface area contributed by atoms with Crippen molar-refractivity contribution in [1.29, 1.82) is 0 Å². The molecule has 31 heavy (non-hydrogen) atoms. The number of nitrogens with one attached hydrogen (secondary N) is 1. The van der Waals surface area contributed by atoms with Crippen LogP contribution >= 0.6 is 0 Å². The van der Waals surface area contributed by atoms with Gasteiger partial charge in [-0.1, -0.05) is 48.5 Å². The SMILES string of the molecule is CC(=O)N1C[C@H](O)C[C@H]1C(=O)N[C@@H](Cc1c2ccccc2cc2ccccc12)C(N)=O. The lowest BCUT2D eigenvalue weighted by Gasteiger charge is -2.25. The maximum Gasteiger partial charge on any atom is 0.243 e. The van der Waals surface area contributed by atoms with Gasteiger partial charge in [0.25, 0.3) is 0 Å². The van der Waals surface area contributed by atoms with Gasteiger partial charge in [-0.2, -0.15) is 0 Å². The number of carbonyl (C=O) groups is 3. The van der Waals surface area contributed by atoms with Crippen molar-refractivity contribution < 1.29 is 19.5 Å². The summed E-state index contributed by atoms with van der Waals surface area (Å²) in [5.41, 5.74) is 6.58. The Labute approximate surface area is 179 Å². The molecule has 1 aliphatic rings. The van der Waals surface area contributed by atoms with E-state index in [9.17, 15) is 19.5 Å². The highest BCUT2D eigenvalue weighted by Crippen LogP contribution is 2.29. The lowest BCUT2D eigenvalue weighted by Crippen LogP contribution is -2.52. The topological polar surface area (TPSA) is 113 Å². The molecule has 0 bridgehead atoms. The number of aliphatic hydroxyl groups excluding tert-OH is 1. The Morgan fingerprint density at radius 1 is 1.10 bits per heavy atom. The van der Waals surface area contributed by atoms with Crippen molar-refractivity contribution in [2.75, 3.05) is 6.54 Å². The molecule has 1 aliphatic heterocycles. The number of aliphatic hydroxyl groups is 1. The Morgan fingerprint density at radius 2 is 1.68 bits per heavy atom. The molecular formula is C24H25N3O4. The molecule has 160 valence electrons. The third-order valence-electron chi connectivity index (χ3n) is 5.94. The Kier molecular flexibility index (Phi) is 5.61. The highest BCUT2D eigenvalue weighted by atomic mass is 16.3. The Morgan fingerprint density at radius 3 is 2.23 bits per heavy atom. The van der Waals surface area contributed by atoms with Crippen molar-refractivity contribution in [3.8, 4) is 0 Å². The number of carbonyl (C=O) groups excluding carboxylic acids is 3. The van der Waals surface area contributed by atoms with Gasteiger partial charge in [0.05, 0.1) is 6.10 Å². The predicted octanol–water partition coefficient (Wildman–Crippen LogP) is 1.49. The van der Waals surface area contributed by atoms with E-state index in [0.717, 1.165) is 27.1 Å². The third-order valence-corrected chi connectivity index (χ3v) is 5.94.